The van der Waals surface area contributed by atoms with E-state index in [0.29, 0.717) is 11.4 Å². The minimum atomic E-state index is -3.48. The summed E-state index contributed by atoms with van der Waals surface area (Å²) < 4.78 is 30.9. The van der Waals surface area contributed by atoms with Gasteiger partial charge in [-0.25, -0.2) is 8.42 Å². The molecule has 0 aliphatic rings. The lowest BCUT2D eigenvalue weighted by molar-refractivity contribution is -0.122. The van der Waals surface area contributed by atoms with Gasteiger partial charge in [0.2, 0.25) is 15.9 Å². The van der Waals surface area contributed by atoms with Gasteiger partial charge in [0, 0.05) is 18.5 Å². The van der Waals surface area contributed by atoms with Crippen molar-refractivity contribution in [2.75, 3.05) is 17.1 Å². The third-order valence-electron chi connectivity index (χ3n) is 2.95. The van der Waals surface area contributed by atoms with Crippen LogP contribution < -0.4 is 14.4 Å². The highest BCUT2D eigenvalue weighted by Crippen LogP contribution is 2.22. The summed E-state index contributed by atoms with van der Waals surface area (Å²) in [6, 6.07) is 6.81. The summed E-state index contributed by atoms with van der Waals surface area (Å²) in [5.74, 6) is 0.489. The maximum atomic E-state index is 12.1. The van der Waals surface area contributed by atoms with Crippen LogP contribution in [0.1, 0.15) is 41.0 Å². The van der Waals surface area contributed by atoms with Gasteiger partial charge in [0.15, 0.2) is 0 Å². The smallest absolute Gasteiger partial charge is 0.232 e. The molecule has 0 unspecified atom stereocenters. The Morgan fingerprint density at radius 2 is 1.75 bits per heavy atom. The van der Waals surface area contributed by atoms with E-state index >= 15 is 0 Å². The minimum Gasteiger partial charge on any atom is -0.491 e. The molecule has 7 heteroatoms. The maximum absolute atomic E-state index is 12.1. The summed E-state index contributed by atoms with van der Waals surface area (Å²) >= 11 is 0. The van der Waals surface area contributed by atoms with Crippen LogP contribution in [0.2, 0.25) is 0 Å². The first-order valence-electron chi connectivity index (χ1n) is 7.94. The number of nitrogens with zero attached hydrogens (tertiary/aromatic N) is 1. The molecule has 136 valence electrons. The third-order valence-corrected chi connectivity index (χ3v) is 4.15. The van der Waals surface area contributed by atoms with E-state index in [9.17, 15) is 13.2 Å². The van der Waals surface area contributed by atoms with Crippen LogP contribution in [-0.2, 0) is 14.8 Å². The van der Waals surface area contributed by atoms with Crippen LogP contribution in [0.25, 0.3) is 0 Å². The number of sulfonamides is 1. The first kappa shape index (κ1) is 20.3. The van der Waals surface area contributed by atoms with Gasteiger partial charge in [-0.15, -0.1) is 0 Å². The highest BCUT2D eigenvalue weighted by molar-refractivity contribution is 7.92. The van der Waals surface area contributed by atoms with Crippen LogP contribution in [0.4, 0.5) is 5.69 Å². The molecular weight excluding hydrogens is 328 g/mol. The second kappa shape index (κ2) is 7.88. The van der Waals surface area contributed by atoms with E-state index < -0.39 is 10.0 Å². The minimum absolute atomic E-state index is 0.0444. The summed E-state index contributed by atoms with van der Waals surface area (Å²) in [6.45, 7) is 9.58. The third kappa shape index (κ3) is 7.21. The van der Waals surface area contributed by atoms with Crippen LogP contribution in [-0.4, -0.2) is 38.8 Å². The lowest BCUT2D eigenvalue weighted by atomic mass is 10.1. The number of carbonyl (C=O) groups is 1. The number of carbonyl (C=O) groups excluding carboxylic acids is 1. The fourth-order valence-electron chi connectivity index (χ4n) is 2.13. The zero-order valence-corrected chi connectivity index (χ0v) is 16.1. The van der Waals surface area contributed by atoms with Crippen molar-refractivity contribution < 1.29 is 17.9 Å². The van der Waals surface area contributed by atoms with E-state index in [2.05, 4.69) is 5.32 Å². The normalized spacial score (nSPS) is 12.1. The van der Waals surface area contributed by atoms with Crippen molar-refractivity contribution in [2.24, 2.45) is 0 Å². The molecule has 0 aromatic heterocycles. The predicted octanol–water partition coefficient (Wildman–Crippen LogP) is 2.54. The number of rotatable bonds is 7. The fraction of sp³-hybridized carbons (Fsp3) is 0.588. The van der Waals surface area contributed by atoms with E-state index in [1.54, 1.807) is 24.3 Å². The topological polar surface area (TPSA) is 75.7 Å². The van der Waals surface area contributed by atoms with Gasteiger partial charge in [-0.1, -0.05) is 0 Å². The Morgan fingerprint density at radius 1 is 1.21 bits per heavy atom. The highest BCUT2D eigenvalue weighted by Gasteiger charge is 2.20. The summed E-state index contributed by atoms with van der Waals surface area (Å²) in [4.78, 5) is 11.9. The Balaban J connectivity index is 2.85. The largest absolute Gasteiger partial charge is 0.491 e. The molecule has 0 spiro atoms. The number of hydrogen-bond acceptors (Lipinski definition) is 4. The summed E-state index contributed by atoms with van der Waals surface area (Å²) in [5, 5.41) is 2.83. The van der Waals surface area contributed by atoms with Gasteiger partial charge in [0.1, 0.15) is 5.75 Å². The molecule has 0 aliphatic heterocycles. The number of ether oxygens (including phenoxy) is 1. The van der Waals surface area contributed by atoms with Crippen molar-refractivity contribution in [3.63, 3.8) is 0 Å². The predicted molar refractivity (Wildman–Crippen MR) is 96.9 cm³/mol. The molecule has 0 saturated heterocycles. The zero-order chi connectivity index (χ0) is 18.5. The molecule has 1 N–H and O–H groups in total. The monoisotopic (exact) mass is 356 g/mol. The SMILES string of the molecule is CC(C)Oc1ccc(N(CCC(=O)NC(C)(C)C)S(C)(=O)=O)cc1. The van der Waals surface area contributed by atoms with Gasteiger partial charge in [-0.05, 0) is 58.9 Å². The molecule has 0 radical (unpaired) electrons. The maximum Gasteiger partial charge on any atom is 0.232 e. The number of anilines is 1. The number of nitrogens with one attached hydrogen (secondary N) is 1. The number of benzene rings is 1. The molecule has 1 aromatic rings. The van der Waals surface area contributed by atoms with Crippen LogP contribution in [0.3, 0.4) is 0 Å². The Morgan fingerprint density at radius 3 is 2.17 bits per heavy atom. The Kier molecular flexibility index (Phi) is 6.66. The van der Waals surface area contributed by atoms with Crippen LogP contribution in [0.15, 0.2) is 24.3 Å². The average molecular weight is 356 g/mol. The molecule has 1 rings (SSSR count). The van der Waals surface area contributed by atoms with Crippen LogP contribution in [0, 0.1) is 0 Å². The number of amides is 1. The molecule has 0 atom stereocenters. The molecular formula is C17H28N2O4S. The standard InChI is InChI=1S/C17H28N2O4S/c1-13(2)23-15-9-7-14(8-10-15)19(24(6,21)22)12-11-16(20)18-17(3,4)5/h7-10,13H,11-12H2,1-6H3,(H,18,20). The average Bonchev–Trinajstić information content (AvgIpc) is 2.36. The molecule has 0 bridgehead atoms. The number of hydrogen-bond donors (Lipinski definition) is 1. The van der Waals surface area contributed by atoms with Crippen LogP contribution in [0.5, 0.6) is 5.75 Å². The van der Waals surface area contributed by atoms with E-state index in [1.807, 2.05) is 34.6 Å². The van der Waals surface area contributed by atoms with Crippen molar-refractivity contribution in [1.82, 2.24) is 5.32 Å². The molecule has 0 heterocycles. The van der Waals surface area contributed by atoms with Gasteiger partial charge in [-0.3, -0.25) is 9.10 Å². The summed E-state index contributed by atoms with van der Waals surface area (Å²) in [6.07, 6.45) is 1.27. The quantitative estimate of drug-likeness (QED) is 0.814. The molecule has 24 heavy (non-hydrogen) atoms. The second-order valence-corrected chi connectivity index (χ2v) is 8.95. The van der Waals surface area contributed by atoms with E-state index in [4.69, 9.17) is 4.74 Å². The van der Waals surface area contributed by atoms with Gasteiger partial charge in [0.05, 0.1) is 18.0 Å². The lowest BCUT2D eigenvalue weighted by Gasteiger charge is -2.24. The Bertz CT molecular complexity index is 646. The van der Waals surface area contributed by atoms with Gasteiger partial charge in [-0.2, -0.15) is 0 Å². The van der Waals surface area contributed by atoms with E-state index in [0.717, 1.165) is 6.26 Å². The van der Waals surface area contributed by atoms with Crippen LogP contribution >= 0.6 is 0 Å². The lowest BCUT2D eigenvalue weighted by Crippen LogP contribution is -2.42. The van der Waals surface area contributed by atoms with Crippen molar-refractivity contribution >= 4 is 21.6 Å². The summed E-state index contributed by atoms with van der Waals surface area (Å²) in [7, 11) is -3.48. The highest BCUT2D eigenvalue weighted by atomic mass is 32.2. The van der Waals surface area contributed by atoms with Crippen molar-refractivity contribution in [3.05, 3.63) is 24.3 Å². The first-order chi connectivity index (χ1) is 10.9. The van der Waals surface area contributed by atoms with Gasteiger partial charge in [0.25, 0.3) is 0 Å². The van der Waals surface area contributed by atoms with E-state index in [-0.39, 0.29) is 30.5 Å². The molecule has 1 aromatic carbocycles. The first-order valence-corrected chi connectivity index (χ1v) is 9.79. The fourth-order valence-corrected chi connectivity index (χ4v) is 3.06. The van der Waals surface area contributed by atoms with Crippen molar-refractivity contribution in [1.29, 1.82) is 0 Å². The molecule has 0 saturated carbocycles. The van der Waals surface area contributed by atoms with E-state index in [1.165, 1.54) is 4.31 Å². The van der Waals surface area contributed by atoms with Crippen molar-refractivity contribution in [3.8, 4) is 5.75 Å². The molecule has 0 aliphatic carbocycles. The second-order valence-electron chi connectivity index (χ2n) is 7.04. The molecule has 6 nitrogen and oxygen atoms in total. The molecule has 0 fully saturated rings. The van der Waals surface area contributed by atoms with Gasteiger partial charge >= 0.3 is 0 Å². The Hall–Kier alpha value is -1.76. The molecule has 1 amide bonds. The Labute approximate surface area is 145 Å². The summed E-state index contributed by atoms with van der Waals surface area (Å²) in [5.41, 5.74) is 0.167. The zero-order valence-electron chi connectivity index (χ0n) is 15.3. The van der Waals surface area contributed by atoms with Gasteiger partial charge < -0.3 is 10.1 Å². The van der Waals surface area contributed by atoms with Crippen molar-refractivity contribution in [2.45, 2.75) is 52.7 Å².